The molecule has 0 aliphatic heterocycles. The van der Waals surface area contributed by atoms with Crippen LogP contribution in [0.2, 0.25) is 0 Å². The minimum Gasteiger partial charge on any atom is -0.457 e. The van der Waals surface area contributed by atoms with Crippen LogP contribution in [0.4, 0.5) is 5.69 Å². The van der Waals surface area contributed by atoms with E-state index < -0.39 is 11.5 Å². The van der Waals surface area contributed by atoms with Crippen molar-refractivity contribution < 1.29 is 9.53 Å². The molecule has 33 heavy (non-hydrogen) atoms. The molecule has 0 atom stereocenters. The topological polar surface area (TPSA) is 71.2 Å². The first-order chi connectivity index (χ1) is 16.2. The molecule has 2 N–H and O–H groups in total. The van der Waals surface area contributed by atoms with E-state index in [0.29, 0.717) is 17.1 Å². The van der Waals surface area contributed by atoms with Gasteiger partial charge in [-0.15, -0.1) is 0 Å². The summed E-state index contributed by atoms with van der Waals surface area (Å²) in [6.07, 6.45) is 0. The molecule has 5 aromatic rings. The molecule has 5 heteroatoms. The summed E-state index contributed by atoms with van der Waals surface area (Å²) in [5.41, 5.74) is 1.71. The molecule has 1 heterocycles. The third-order valence-corrected chi connectivity index (χ3v) is 5.31. The summed E-state index contributed by atoms with van der Waals surface area (Å²) in [6.45, 7) is 0. The quantitative estimate of drug-likeness (QED) is 0.345. The molecule has 0 saturated carbocycles. The monoisotopic (exact) mass is 432 g/mol. The minimum absolute atomic E-state index is 0.0455. The molecular weight excluding hydrogens is 412 g/mol. The second kappa shape index (κ2) is 8.85. The number of nitrogens with one attached hydrogen (secondary N) is 2. The van der Waals surface area contributed by atoms with Crippen LogP contribution in [0.25, 0.3) is 22.0 Å². The molecule has 4 aromatic carbocycles. The second-order valence-electron chi connectivity index (χ2n) is 7.57. The fourth-order valence-corrected chi connectivity index (χ4v) is 3.61. The van der Waals surface area contributed by atoms with E-state index in [0.717, 1.165) is 22.1 Å². The van der Waals surface area contributed by atoms with E-state index in [2.05, 4.69) is 10.3 Å². The SMILES string of the molecule is O=C(Nc1ccc(Oc2ccccc2)cc1)c1ccc(-c2ccc3ccccc3c2)[nH]c1=O. The summed E-state index contributed by atoms with van der Waals surface area (Å²) in [7, 11) is 0. The van der Waals surface area contributed by atoms with E-state index in [9.17, 15) is 9.59 Å². The summed E-state index contributed by atoms with van der Waals surface area (Å²) in [6, 6.07) is 33.7. The molecule has 1 amide bonds. The molecule has 1 aromatic heterocycles. The summed E-state index contributed by atoms with van der Waals surface area (Å²) in [5.74, 6) is 0.905. The van der Waals surface area contributed by atoms with Crippen LogP contribution < -0.4 is 15.6 Å². The smallest absolute Gasteiger partial charge is 0.261 e. The van der Waals surface area contributed by atoms with E-state index in [1.54, 1.807) is 36.4 Å². The number of carbonyl (C=O) groups is 1. The van der Waals surface area contributed by atoms with Crippen LogP contribution in [-0.2, 0) is 0 Å². The molecule has 0 saturated heterocycles. The van der Waals surface area contributed by atoms with E-state index >= 15 is 0 Å². The van der Waals surface area contributed by atoms with Crippen molar-refractivity contribution in [3.05, 3.63) is 125 Å². The highest BCUT2D eigenvalue weighted by atomic mass is 16.5. The number of para-hydroxylation sites is 1. The van der Waals surface area contributed by atoms with Crippen LogP contribution >= 0.6 is 0 Å². The van der Waals surface area contributed by atoms with Crippen LogP contribution in [-0.4, -0.2) is 10.9 Å². The first-order valence-electron chi connectivity index (χ1n) is 10.5. The van der Waals surface area contributed by atoms with Crippen molar-refractivity contribution >= 4 is 22.4 Å². The Balaban J connectivity index is 1.31. The molecule has 0 unspecified atom stereocenters. The Morgan fingerprint density at radius 1 is 0.697 bits per heavy atom. The van der Waals surface area contributed by atoms with Crippen molar-refractivity contribution in [2.75, 3.05) is 5.32 Å². The van der Waals surface area contributed by atoms with Crippen molar-refractivity contribution in [3.63, 3.8) is 0 Å². The van der Waals surface area contributed by atoms with Crippen LogP contribution in [0.5, 0.6) is 11.5 Å². The van der Waals surface area contributed by atoms with Gasteiger partial charge in [0, 0.05) is 11.4 Å². The lowest BCUT2D eigenvalue weighted by atomic mass is 10.0. The number of pyridine rings is 1. The van der Waals surface area contributed by atoms with E-state index in [4.69, 9.17) is 4.74 Å². The standard InChI is InChI=1S/C28H20N2O3/c31-27(29-22-12-14-24(15-13-22)33-23-8-2-1-3-9-23)25-16-17-26(30-28(25)32)21-11-10-19-6-4-5-7-20(19)18-21/h1-18H,(H,29,31)(H,30,32). The Bertz CT molecular complexity index is 1490. The zero-order chi connectivity index (χ0) is 22.6. The largest absolute Gasteiger partial charge is 0.457 e. The number of aromatic amines is 1. The average Bonchev–Trinajstić information content (AvgIpc) is 2.85. The van der Waals surface area contributed by atoms with Crippen LogP contribution in [0.3, 0.4) is 0 Å². The Kier molecular flexibility index (Phi) is 5.43. The number of anilines is 1. The van der Waals surface area contributed by atoms with Gasteiger partial charge >= 0.3 is 0 Å². The normalized spacial score (nSPS) is 10.7. The van der Waals surface area contributed by atoms with Crippen molar-refractivity contribution in [3.8, 4) is 22.8 Å². The Morgan fingerprint density at radius 2 is 1.39 bits per heavy atom. The molecule has 0 bridgehead atoms. The van der Waals surface area contributed by atoms with Gasteiger partial charge in [0.2, 0.25) is 0 Å². The summed E-state index contributed by atoms with van der Waals surface area (Å²) >= 11 is 0. The van der Waals surface area contributed by atoms with E-state index in [1.807, 2.05) is 72.8 Å². The van der Waals surface area contributed by atoms with Crippen molar-refractivity contribution in [2.24, 2.45) is 0 Å². The predicted molar refractivity (Wildman–Crippen MR) is 131 cm³/mol. The highest BCUT2D eigenvalue weighted by Crippen LogP contribution is 2.24. The zero-order valence-corrected chi connectivity index (χ0v) is 17.6. The lowest BCUT2D eigenvalue weighted by Crippen LogP contribution is -2.23. The molecule has 0 spiro atoms. The van der Waals surface area contributed by atoms with Crippen molar-refractivity contribution in [2.45, 2.75) is 0 Å². The lowest BCUT2D eigenvalue weighted by Gasteiger charge is -2.09. The number of aromatic nitrogens is 1. The van der Waals surface area contributed by atoms with Gasteiger partial charge in [0.25, 0.3) is 11.5 Å². The van der Waals surface area contributed by atoms with Gasteiger partial charge < -0.3 is 15.0 Å². The maximum atomic E-state index is 12.7. The Hall–Kier alpha value is -4.64. The van der Waals surface area contributed by atoms with E-state index in [-0.39, 0.29) is 5.56 Å². The van der Waals surface area contributed by atoms with Crippen LogP contribution in [0.15, 0.2) is 114 Å². The molecule has 160 valence electrons. The number of benzene rings is 4. The number of H-pyrrole nitrogens is 1. The summed E-state index contributed by atoms with van der Waals surface area (Å²) in [4.78, 5) is 28.1. The van der Waals surface area contributed by atoms with Crippen LogP contribution in [0.1, 0.15) is 10.4 Å². The van der Waals surface area contributed by atoms with Gasteiger partial charge in [0.05, 0.1) is 0 Å². The third-order valence-electron chi connectivity index (χ3n) is 5.31. The number of amides is 1. The number of hydrogen-bond acceptors (Lipinski definition) is 3. The molecular formula is C28H20N2O3. The van der Waals surface area contributed by atoms with Crippen LogP contribution in [0, 0.1) is 0 Å². The highest BCUT2D eigenvalue weighted by Gasteiger charge is 2.12. The van der Waals surface area contributed by atoms with Gasteiger partial charge in [-0.25, -0.2) is 0 Å². The molecule has 0 radical (unpaired) electrons. The van der Waals surface area contributed by atoms with Gasteiger partial charge in [-0.05, 0) is 70.9 Å². The maximum absolute atomic E-state index is 12.7. The number of rotatable bonds is 5. The van der Waals surface area contributed by atoms with Gasteiger partial charge in [0.15, 0.2) is 0 Å². The lowest BCUT2D eigenvalue weighted by molar-refractivity contribution is 0.102. The Labute approximate surface area is 190 Å². The fraction of sp³-hybridized carbons (Fsp3) is 0. The number of hydrogen-bond donors (Lipinski definition) is 2. The minimum atomic E-state index is -0.474. The van der Waals surface area contributed by atoms with Gasteiger partial charge in [-0.3, -0.25) is 9.59 Å². The summed E-state index contributed by atoms with van der Waals surface area (Å²) in [5, 5.41) is 4.96. The molecule has 5 nitrogen and oxygen atoms in total. The molecule has 0 aliphatic rings. The second-order valence-corrected chi connectivity index (χ2v) is 7.57. The summed E-state index contributed by atoms with van der Waals surface area (Å²) < 4.78 is 5.76. The third kappa shape index (κ3) is 4.52. The maximum Gasteiger partial charge on any atom is 0.261 e. The average molecular weight is 432 g/mol. The fourth-order valence-electron chi connectivity index (χ4n) is 3.61. The number of ether oxygens (including phenoxy) is 1. The van der Waals surface area contributed by atoms with Crippen molar-refractivity contribution in [1.29, 1.82) is 0 Å². The number of fused-ring (bicyclic) bond motifs is 1. The predicted octanol–water partition coefficient (Wildman–Crippen LogP) is 6.24. The molecule has 5 rings (SSSR count). The first-order valence-corrected chi connectivity index (χ1v) is 10.5. The van der Waals surface area contributed by atoms with E-state index in [1.165, 1.54) is 0 Å². The van der Waals surface area contributed by atoms with Gasteiger partial charge in [0.1, 0.15) is 17.1 Å². The van der Waals surface area contributed by atoms with Gasteiger partial charge in [-0.2, -0.15) is 0 Å². The zero-order valence-electron chi connectivity index (χ0n) is 17.6. The highest BCUT2D eigenvalue weighted by molar-refractivity contribution is 6.04. The number of carbonyl (C=O) groups excluding carboxylic acids is 1. The van der Waals surface area contributed by atoms with Gasteiger partial charge in [-0.1, -0.05) is 54.6 Å². The molecule has 0 aliphatic carbocycles. The van der Waals surface area contributed by atoms with Crippen molar-refractivity contribution in [1.82, 2.24) is 4.98 Å². The first kappa shape index (κ1) is 20.3. The molecule has 0 fully saturated rings. The Morgan fingerprint density at radius 3 is 2.15 bits per heavy atom.